The number of rotatable bonds is 4. The number of aryl methyl sites for hydroxylation is 1. The molecule has 4 aliphatic rings. The van der Waals surface area contributed by atoms with Gasteiger partial charge in [-0.15, -0.1) is 0 Å². The Morgan fingerprint density at radius 3 is 2.65 bits per heavy atom. The van der Waals surface area contributed by atoms with Crippen LogP contribution in [0.5, 0.6) is 5.75 Å². The van der Waals surface area contributed by atoms with Gasteiger partial charge < -0.3 is 19.5 Å². The van der Waals surface area contributed by atoms with E-state index in [-0.39, 0.29) is 35.3 Å². The average molecular weight is 697 g/mol. The quantitative estimate of drug-likeness (QED) is 0.331. The number of aliphatic hydroxyl groups excluding tert-OH is 1. The van der Waals surface area contributed by atoms with Crippen molar-refractivity contribution in [2.24, 2.45) is 23.7 Å². The summed E-state index contributed by atoms with van der Waals surface area (Å²) >= 11 is 6.41. The summed E-state index contributed by atoms with van der Waals surface area (Å²) in [7, 11) is -2.28. The molecule has 8 nitrogen and oxygen atoms in total. The summed E-state index contributed by atoms with van der Waals surface area (Å²) in [6, 6.07) is 11.3. The third kappa shape index (κ3) is 6.80. The Labute approximate surface area is 290 Å². The molecule has 8 atom stereocenters. The highest BCUT2D eigenvalue weighted by atomic mass is 35.5. The molecule has 0 aromatic heterocycles. The largest absolute Gasteiger partial charge is 0.483 e. The number of ether oxygens (including phenoxy) is 2. The molecule has 0 radical (unpaired) electrons. The van der Waals surface area contributed by atoms with Gasteiger partial charge in [0.25, 0.3) is 5.91 Å². The van der Waals surface area contributed by atoms with Crippen LogP contribution in [-0.4, -0.2) is 56.6 Å². The third-order valence-electron chi connectivity index (χ3n) is 11.5. The Morgan fingerprint density at radius 2 is 1.94 bits per heavy atom. The first-order valence-corrected chi connectivity index (χ1v) is 19.2. The normalized spacial score (nSPS) is 32.8. The first kappa shape index (κ1) is 35.0. The van der Waals surface area contributed by atoms with Gasteiger partial charge in [-0.05, 0) is 112 Å². The number of benzene rings is 2. The number of amides is 1. The van der Waals surface area contributed by atoms with E-state index in [1.54, 1.807) is 26.2 Å². The highest BCUT2D eigenvalue weighted by Gasteiger charge is 2.49. The van der Waals surface area contributed by atoms with Gasteiger partial charge in [0.05, 0.1) is 22.6 Å². The molecule has 260 valence electrons. The van der Waals surface area contributed by atoms with Crippen LogP contribution >= 0.6 is 11.6 Å². The molecule has 2 heterocycles. The van der Waals surface area contributed by atoms with E-state index in [1.807, 2.05) is 38.1 Å². The maximum atomic E-state index is 13.5. The van der Waals surface area contributed by atoms with Crippen molar-refractivity contribution in [3.05, 3.63) is 82.4 Å². The Bertz CT molecular complexity index is 1690. The Balaban J connectivity index is 1.45. The number of nitrogens with one attached hydrogen (secondary N) is 1. The van der Waals surface area contributed by atoms with Crippen molar-refractivity contribution in [1.29, 1.82) is 0 Å². The minimum atomic E-state index is -3.98. The first-order chi connectivity index (χ1) is 22.8. The standard InChI is InChI=1S/C38H49ClN2O6S/c1-23(2)34(42)20-38(46-5)17-7-8-24(3)25(4)48(44,45)40-37(43)27-12-16-35-33(19-27)41(21-28-11-15-32(28)38)22-29-10-6-9-26-18-30(39)13-14-31(26)36(29)47-35/h7,12-14,16-19,24-25,28-29,32,34,36,42H,1,6,8-11,15,20-22H2,2-5H3,(H,40,43)/b17-7+/t24-,25+,28-,29+,32+,34+,36?,38+/m0/s1. The van der Waals surface area contributed by atoms with E-state index in [1.165, 1.54) is 5.56 Å². The number of carbonyl (C=O) groups is 1. The second kappa shape index (κ2) is 13.8. The number of hydrogen-bond acceptors (Lipinski definition) is 7. The predicted octanol–water partition coefficient (Wildman–Crippen LogP) is 7.02. The Hall–Kier alpha value is -2.85. The van der Waals surface area contributed by atoms with Crippen molar-refractivity contribution >= 4 is 33.2 Å². The number of allylic oxidation sites excluding steroid dienone is 1. The zero-order chi connectivity index (χ0) is 34.4. The highest BCUT2D eigenvalue weighted by molar-refractivity contribution is 7.90. The van der Waals surface area contributed by atoms with Crippen LogP contribution < -0.4 is 14.4 Å². The number of anilines is 1. The molecule has 1 amide bonds. The van der Waals surface area contributed by atoms with Crippen molar-refractivity contribution in [1.82, 2.24) is 4.72 Å². The maximum Gasteiger partial charge on any atom is 0.264 e. The molecular formula is C38H49ClN2O6S. The lowest BCUT2D eigenvalue weighted by molar-refractivity contribution is -0.0942. The van der Waals surface area contributed by atoms with Crippen LogP contribution in [0.25, 0.3) is 0 Å². The number of aliphatic hydroxyl groups is 1. The van der Waals surface area contributed by atoms with Gasteiger partial charge in [0.2, 0.25) is 10.0 Å². The van der Waals surface area contributed by atoms with Gasteiger partial charge in [0.15, 0.2) is 0 Å². The maximum absolute atomic E-state index is 13.5. The second-order valence-corrected chi connectivity index (χ2v) is 17.1. The van der Waals surface area contributed by atoms with Crippen molar-refractivity contribution in [3.63, 3.8) is 0 Å². The molecule has 2 N–H and O–H groups in total. The van der Waals surface area contributed by atoms with Gasteiger partial charge in [-0.25, -0.2) is 13.1 Å². The number of sulfonamides is 1. The Morgan fingerprint density at radius 1 is 1.17 bits per heavy atom. The molecule has 1 saturated carbocycles. The summed E-state index contributed by atoms with van der Waals surface area (Å²) in [6.45, 7) is 10.8. The summed E-state index contributed by atoms with van der Waals surface area (Å²) in [5, 5.41) is 11.0. The van der Waals surface area contributed by atoms with Gasteiger partial charge in [0.1, 0.15) is 11.9 Å². The van der Waals surface area contributed by atoms with Gasteiger partial charge in [0, 0.05) is 43.1 Å². The highest BCUT2D eigenvalue weighted by Crippen LogP contribution is 2.50. The summed E-state index contributed by atoms with van der Waals surface area (Å²) in [6.07, 6.45) is 8.79. The summed E-state index contributed by atoms with van der Waals surface area (Å²) in [5.74, 6) is 0.282. The Kier molecular flexibility index (Phi) is 10.1. The fourth-order valence-corrected chi connectivity index (χ4v) is 9.65. The monoisotopic (exact) mass is 696 g/mol. The molecule has 6 rings (SSSR count). The van der Waals surface area contributed by atoms with Crippen molar-refractivity contribution in [3.8, 4) is 5.75 Å². The fourth-order valence-electron chi connectivity index (χ4n) is 8.17. The third-order valence-corrected chi connectivity index (χ3v) is 13.7. The van der Waals surface area contributed by atoms with Crippen LogP contribution in [0.4, 0.5) is 5.69 Å². The molecule has 2 bridgehead atoms. The van der Waals surface area contributed by atoms with Crippen LogP contribution in [0.3, 0.4) is 0 Å². The number of halogens is 1. The van der Waals surface area contributed by atoms with Gasteiger partial charge in [-0.2, -0.15) is 0 Å². The van der Waals surface area contributed by atoms with Crippen molar-refractivity contribution in [2.75, 3.05) is 25.1 Å². The fraction of sp³-hybridized carbons (Fsp3) is 0.553. The van der Waals surface area contributed by atoms with Crippen molar-refractivity contribution < 1.29 is 27.8 Å². The van der Waals surface area contributed by atoms with Gasteiger partial charge in [-0.3, -0.25) is 4.79 Å². The van der Waals surface area contributed by atoms with Crippen LogP contribution in [0.1, 0.15) is 86.9 Å². The van der Waals surface area contributed by atoms with E-state index in [9.17, 15) is 18.3 Å². The van der Waals surface area contributed by atoms with E-state index in [4.69, 9.17) is 21.1 Å². The molecule has 2 aliphatic heterocycles. The molecule has 1 fully saturated rings. The molecule has 1 unspecified atom stereocenters. The van der Waals surface area contributed by atoms with Crippen LogP contribution in [0, 0.1) is 23.7 Å². The molecule has 2 aromatic carbocycles. The van der Waals surface area contributed by atoms with E-state index in [0.717, 1.165) is 43.4 Å². The molecule has 2 aliphatic carbocycles. The number of fused-ring (bicyclic) bond motifs is 5. The molecule has 48 heavy (non-hydrogen) atoms. The lowest BCUT2D eigenvalue weighted by Gasteiger charge is -2.50. The topological polar surface area (TPSA) is 105 Å². The summed E-state index contributed by atoms with van der Waals surface area (Å²) < 4.78 is 42.5. The lowest BCUT2D eigenvalue weighted by atomic mass is 9.62. The molecular weight excluding hydrogens is 648 g/mol. The molecule has 2 aromatic rings. The first-order valence-electron chi connectivity index (χ1n) is 17.3. The van der Waals surface area contributed by atoms with E-state index >= 15 is 0 Å². The number of carbonyl (C=O) groups excluding carboxylic acids is 1. The van der Waals surface area contributed by atoms with Crippen LogP contribution in [-0.2, 0) is 21.2 Å². The molecule has 10 heteroatoms. The molecule has 0 spiro atoms. The SMILES string of the molecule is C=C(C)[C@H](O)C[C@]1(OC)/C=C/C[C@H](C)[C@@H](C)S(=O)(=O)NC(=O)c2ccc3c(c2)N(C[C@H]2CCCc4cc(Cl)ccc4C2O3)C[C@@H]2CC[C@H]21. The van der Waals surface area contributed by atoms with E-state index < -0.39 is 32.9 Å². The lowest BCUT2D eigenvalue weighted by Crippen LogP contribution is -2.52. The smallest absolute Gasteiger partial charge is 0.264 e. The number of nitrogens with zero attached hydrogens (tertiary/aromatic N) is 1. The van der Waals surface area contributed by atoms with Crippen molar-refractivity contribution in [2.45, 2.75) is 88.8 Å². The summed E-state index contributed by atoms with van der Waals surface area (Å²) in [4.78, 5) is 15.9. The predicted molar refractivity (Wildman–Crippen MR) is 190 cm³/mol. The minimum absolute atomic E-state index is 0.115. The van der Waals surface area contributed by atoms with E-state index in [2.05, 4.69) is 28.3 Å². The van der Waals surface area contributed by atoms with Crippen LogP contribution in [0.2, 0.25) is 5.02 Å². The minimum Gasteiger partial charge on any atom is -0.483 e. The zero-order valence-electron chi connectivity index (χ0n) is 28.5. The van der Waals surface area contributed by atoms with E-state index in [0.29, 0.717) is 42.3 Å². The van der Waals surface area contributed by atoms with Gasteiger partial charge in [-0.1, -0.05) is 48.9 Å². The molecule has 0 saturated heterocycles. The average Bonchev–Trinajstić information content (AvgIpc) is 3.28. The number of hydrogen-bond donors (Lipinski definition) is 2. The summed E-state index contributed by atoms with van der Waals surface area (Å²) in [5.41, 5.74) is 3.31. The van der Waals surface area contributed by atoms with Gasteiger partial charge >= 0.3 is 0 Å². The number of methoxy groups -OCH3 is 1. The van der Waals surface area contributed by atoms with Crippen LogP contribution in [0.15, 0.2) is 60.7 Å². The second-order valence-electron chi connectivity index (χ2n) is 14.6. The zero-order valence-corrected chi connectivity index (χ0v) is 30.0.